The Kier molecular flexibility index (Phi) is 6.14. The number of carbonyl (C=O) groups is 2. The van der Waals surface area contributed by atoms with Gasteiger partial charge in [0.1, 0.15) is 0 Å². The average Bonchev–Trinajstić information content (AvgIpc) is 2.63. The van der Waals surface area contributed by atoms with Gasteiger partial charge in [-0.1, -0.05) is 11.6 Å². The molecule has 1 heterocycles. The summed E-state index contributed by atoms with van der Waals surface area (Å²) in [7, 11) is 0. The van der Waals surface area contributed by atoms with Gasteiger partial charge in [-0.2, -0.15) is 13.2 Å². The molecule has 1 aromatic heterocycles. The molecule has 0 saturated heterocycles. The van der Waals surface area contributed by atoms with E-state index in [-0.39, 0.29) is 12.3 Å². The molecule has 17 heavy (non-hydrogen) atoms. The minimum atomic E-state index is -5.08. The molecule has 0 fully saturated rings. The van der Waals surface area contributed by atoms with Crippen LogP contribution in [0, 0.1) is 0 Å². The molecule has 1 rings (SSSR count). The van der Waals surface area contributed by atoms with Crippen molar-refractivity contribution in [1.82, 2.24) is 0 Å². The number of aliphatic carboxylic acids is 1. The van der Waals surface area contributed by atoms with E-state index < -0.39 is 12.1 Å². The van der Waals surface area contributed by atoms with Crippen molar-refractivity contribution in [2.45, 2.75) is 6.18 Å². The van der Waals surface area contributed by atoms with Gasteiger partial charge in [0.05, 0.1) is 15.8 Å². The number of carboxylic acid groups (broad SMARTS) is 1. The molecule has 0 atom stereocenters. The molecule has 0 bridgehead atoms. The first kappa shape index (κ1) is 15.9. The zero-order valence-electron chi connectivity index (χ0n) is 8.12. The Morgan fingerprint density at radius 3 is 2.12 bits per heavy atom. The molecular weight excluding hydrogens is 283 g/mol. The van der Waals surface area contributed by atoms with Crippen LogP contribution in [0.1, 0.15) is 9.67 Å². The third-order valence-electron chi connectivity index (χ3n) is 1.28. The number of carboxylic acids is 1. The number of carbonyl (C=O) groups excluding carboxylic acids is 1. The van der Waals surface area contributed by atoms with Gasteiger partial charge in [0.15, 0.2) is 5.78 Å². The molecule has 0 spiro atoms. The molecule has 0 aliphatic carbocycles. The predicted octanol–water partition coefficient (Wildman–Crippen LogP) is 2.18. The molecule has 1 aromatic rings. The zero-order chi connectivity index (χ0) is 13.6. The molecule has 0 aromatic carbocycles. The molecule has 0 aliphatic heterocycles. The van der Waals surface area contributed by atoms with Crippen LogP contribution in [0.2, 0.25) is 4.34 Å². The Morgan fingerprint density at radius 1 is 1.41 bits per heavy atom. The van der Waals surface area contributed by atoms with E-state index in [1.807, 2.05) is 0 Å². The number of ketones is 1. The SMILES string of the molecule is NCC(=O)c1ccc(Cl)s1.O=C(O)C(F)(F)F. The van der Waals surface area contributed by atoms with Crippen LogP contribution in [0.3, 0.4) is 0 Å². The average molecular weight is 290 g/mol. The van der Waals surface area contributed by atoms with Gasteiger partial charge in [0.25, 0.3) is 0 Å². The lowest BCUT2D eigenvalue weighted by molar-refractivity contribution is -0.192. The number of rotatable bonds is 2. The fraction of sp³-hybridized carbons (Fsp3) is 0.250. The first-order chi connectivity index (χ1) is 7.68. The number of thiophene rings is 1. The van der Waals surface area contributed by atoms with Gasteiger partial charge >= 0.3 is 12.1 Å². The van der Waals surface area contributed by atoms with Crippen molar-refractivity contribution in [2.75, 3.05) is 6.54 Å². The predicted molar refractivity (Wildman–Crippen MR) is 56.4 cm³/mol. The fourth-order valence-corrected chi connectivity index (χ4v) is 1.56. The normalized spacial score (nSPS) is 10.4. The minimum absolute atomic E-state index is 0.0524. The van der Waals surface area contributed by atoms with E-state index in [9.17, 15) is 18.0 Å². The van der Waals surface area contributed by atoms with Crippen molar-refractivity contribution in [1.29, 1.82) is 0 Å². The number of Topliss-reactive ketones (excluding diaryl/α,β-unsaturated/α-hetero) is 1. The summed E-state index contributed by atoms with van der Waals surface area (Å²) in [4.78, 5) is 20.4. The third-order valence-corrected chi connectivity index (χ3v) is 2.55. The van der Waals surface area contributed by atoms with E-state index in [1.165, 1.54) is 11.3 Å². The molecule has 3 N–H and O–H groups in total. The second-order valence-electron chi connectivity index (χ2n) is 2.53. The van der Waals surface area contributed by atoms with Crippen LogP contribution >= 0.6 is 22.9 Å². The monoisotopic (exact) mass is 289 g/mol. The third kappa shape index (κ3) is 6.25. The van der Waals surface area contributed by atoms with E-state index in [4.69, 9.17) is 27.2 Å². The topological polar surface area (TPSA) is 80.4 Å². The summed E-state index contributed by atoms with van der Waals surface area (Å²) in [6.07, 6.45) is -5.08. The maximum absolute atomic E-state index is 10.9. The number of nitrogens with two attached hydrogens (primary N) is 1. The van der Waals surface area contributed by atoms with Crippen molar-refractivity contribution in [2.24, 2.45) is 5.73 Å². The van der Waals surface area contributed by atoms with Crippen molar-refractivity contribution in [3.8, 4) is 0 Å². The minimum Gasteiger partial charge on any atom is -0.475 e. The van der Waals surface area contributed by atoms with Crippen LogP contribution in [-0.2, 0) is 4.79 Å². The fourth-order valence-electron chi connectivity index (χ4n) is 0.565. The Hall–Kier alpha value is -1.12. The van der Waals surface area contributed by atoms with Gasteiger partial charge in [-0.05, 0) is 12.1 Å². The second kappa shape index (κ2) is 6.58. The number of alkyl halides is 3. The van der Waals surface area contributed by atoms with Crippen LogP contribution in [0.15, 0.2) is 12.1 Å². The summed E-state index contributed by atoms with van der Waals surface area (Å²) in [5, 5.41) is 7.12. The first-order valence-corrected chi connectivity index (χ1v) is 5.16. The zero-order valence-corrected chi connectivity index (χ0v) is 9.70. The summed E-state index contributed by atoms with van der Waals surface area (Å²) in [6.45, 7) is 0.0524. The van der Waals surface area contributed by atoms with Crippen molar-refractivity contribution >= 4 is 34.7 Å². The highest BCUT2D eigenvalue weighted by molar-refractivity contribution is 7.18. The summed E-state index contributed by atoms with van der Waals surface area (Å²) < 4.78 is 32.4. The lowest BCUT2D eigenvalue weighted by Crippen LogP contribution is -2.21. The summed E-state index contributed by atoms with van der Waals surface area (Å²) in [6, 6.07) is 3.37. The van der Waals surface area contributed by atoms with Gasteiger partial charge in [-0.25, -0.2) is 4.79 Å². The lowest BCUT2D eigenvalue weighted by Gasteiger charge is -1.93. The molecule has 4 nitrogen and oxygen atoms in total. The van der Waals surface area contributed by atoms with Crippen molar-refractivity contribution in [3.63, 3.8) is 0 Å². The molecule has 0 unspecified atom stereocenters. The van der Waals surface area contributed by atoms with Crippen molar-refractivity contribution in [3.05, 3.63) is 21.3 Å². The van der Waals surface area contributed by atoms with E-state index in [2.05, 4.69) is 0 Å². The molecule has 0 amide bonds. The molecule has 96 valence electrons. The lowest BCUT2D eigenvalue weighted by atomic mass is 10.3. The summed E-state index contributed by atoms with van der Waals surface area (Å²) in [5.74, 6) is -2.82. The first-order valence-electron chi connectivity index (χ1n) is 3.97. The van der Waals surface area contributed by atoms with Crippen LogP contribution in [0.25, 0.3) is 0 Å². The van der Waals surface area contributed by atoms with Crippen LogP contribution in [-0.4, -0.2) is 29.6 Å². The maximum Gasteiger partial charge on any atom is 0.490 e. The molecule has 0 radical (unpaired) electrons. The van der Waals surface area contributed by atoms with Gasteiger partial charge in [-0.15, -0.1) is 11.3 Å². The molecular formula is C8H7ClF3NO3S. The van der Waals surface area contributed by atoms with Gasteiger partial charge in [-0.3, -0.25) is 4.79 Å². The number of hydrogen-bond donors (Lipinski definition) is 2. The van der Waals surface area contributed by atoms with Crippen LogP contribution in [0.4, 0.5) is 13.2 Å². The van der Waals surface area contributed by atoms with Gasteiger partial charge < -0.3 is 10.8 Å². The Bertz CT molecular complexity index is 405. The smallest absolute Gasteiger partial charge is 0.475 e. The summed E-state index contributed by atoms with van der Waals surface area (Å²) in [5.41, 5.74) is 5.13. The maximum atomic E-state index is 10.9. The highest BCUT2D eigenvalue weighted by Gasteiger charge is 2.38. The molecule has 0 saturated carbocycles. The summed E-state index contributed by atoms with van der Waals surface area (Å²) >= 11 is 6.84. The Balaban J connectivity index is 0.000000325. The molecule has 9 heteroatoms. The van der Waals surface area contributed by atoms with E-state index >= 15 is 0 Å². The highest BCUT2D eigenvalue weighted by atomic mass is 35.5. The van der Waals surface area contributed by atoms with E-state index in [0.29, 0.717) is 9.21 Å². The van der Waals surface area contributed by atoms with Crippen LogP contribution < -0.4 is 5.73 Å². The Morgan fingerprint density at radius 2 is 1.88 bits per heavy atom. The van der Waals surface area contributed by atoms with Crippen LogP contribution in [0.5, 0.6) is 0 Å². The Labute approximate surface area is 103 Å². The number of halogens is 4. The quantitative estimate of drug-likeness (QED) is 0.818. The van der Waals surface area contributed by atoms with E-state index in [0.717, 1.165) is 0 Å². The van der Waals surface area contributed by atoms with Gasteiger partial charge in [0.2, 0.25) is 0 Å². The van der Waals surface area contributed by atoms with E-state index in [1.54, 1.807) is 12.1 Å². The largest absolute Gasteiger partial charge is 0.490 e. The highest BCUT2D eigenvalue weighted by Crippen LogP contribution is 2.21. The van der Waals surface area contributed by atoms with Gasteiger partial charge in [0, 0.05) is 0 Å². The number of hydrogen-bond acceptors (Lipinski definition) is 4. The standard InChI is InChI=1S/C6H6ClNOS.C2HF3O2/c7-6-2-1-5(10-6)4(9)3-8;3-2(4,5)1(6)7/h1-2H,3,8H2;(H,6,7). The molecule has 0 aliphatic rings. The second-order valence-corrected chi connectivity index (χ2v) is 4.25. The van der Waals surface area contributed by atoms with Crippen molar-refractivity contribution < 1.29 is 27.9 Å².